The fourth-order valence-corrected chi connectivity index (χ4v) is 4.41. The van der Waals surface area contributed by atoms with Crippen molar-refractivity contribution >= 4 is 51.5 Å². The van der Waals surface area contributed by atoms with Crippen molar-refractivity contribution in [3.05, 3.63) is 61.6 Å². The van der Waals surface area contributed by atoms with E-state index < -0.39 is 0 Å². The second-order valence-corrected chi connectivity index (χ2v) is 8.46. The molecule has 0 N–H and O–H groups in total. The van der Waals surface area contributed by atoms with Crippen molar-refractivity contribution in [1.82, 2.24) is 4.90 Å². The second kappa shape index (κ2) is 9.00. The van der Waals surface area contributed by atoms with Gasteiger partial charge in [0.05, 0.1) is 15.6 Å². The Balaban J connectivity index is 1.84. The number of likely N-dealkylation sites (N-methyl/N-ethyl adjacent to an activating group) is 1. The molecule has 28 heavy (non-hydrogen) atoms. The lowest BCUT2D eigenvalue weighted by atomic mass is 10.1. The summed E-state index contributed by atoms with van der Waals surface area (Å²) >= 11 is 3.60. The number of carbonyl (C=O) groups is 1. The number of aliphatic imine (C=N–C) groups is 1. The van der Waals surface area contributed by atoms with E-state index in [1.54, 1.807) is 26.1 Å². The van der Waals surface area contributed by atoms with Crippen LogP contribution in [0.3, 0.4) is 0 Å². The summed E-state index contributed by atoms with van der Waals surface area (Å²) in [5.74, 6) is 1.28. The highest BCUT2D eigenvalue weighted by Crippen LogP contribution is 2.37. The van der Waals surface area contributed by atoms with Crippen molar-refractivity contribution in [2.24, 2.45) is 4.99 Å². The van der Waals surface area contributed by atoms with Crippen LogP contribution in [0, 0.1) is 10.5 Å². The highest BCUT2D eigenvalue weighted by Gasteiger charge is 2.29. The Morgan fingerprint density at radius 3 is 2.57 bits per heavy atom. The first-order valence-electron chi connectivity index (χ1n) is 8.63. The Labute approximate surface area is 183 Å². The van der Waals surface area contributed by atoms with Crippen molar-refractivity contribution in [3.8, 4) is 11.5 Å². The van der Waals surface area contributed by atoms with Crippen LogP contribution in [0.15, 0.2) is 46.3 Å². The number of thioether (sulfide) groups is 1. The van der Waals surface area contributed by atoms with E-state index in [1.807, 2.05) is 18.2 Å². The summed E-state index contributed by atoms with van der Waals surface area (Å²) in [5, 5.41) is 0.691. The molecule has 0 bridgehead atoms. The van der Waals surface area contributed by atoms with Gasteiger partial charge in [-0.3, -0.25) is 14.7 Å². The van der Waals surface area contributed by atoms with Gasteiger partial charge in [-0.25, -0.2) is 0 Å². The topological polar surface area (TPSA) is 51.1 Å². The molecule has 0 spiro atoms. The third-order valence-electron chi connectivity index (χ3n) is 4.25. The lowest BCUT2D eigenvalue weighted by Crippen LogP contribution is -2.23. The van der Waals surface area contributed by atoms with Crippen molar-refractivity contribution in [1.29, 1.82) is 0 Å². The fraction of sp³-hybridized carbons (Fsp3) is 0.238. The van der Waals surface area contributed by atoms with Gasteiger partial charge < -0.3 is 9.47 Å². The van der Waals surface area contributed by atoms with Gasteiger partial charge in [-0.2, -0.15) is 0 Å². The smallest absolute Gasteiger partial charge is 0.266 e. The summed E-state index contributed by atoms with van der Waals surface area (Å²) in [6.45, 7) is 2.52. The molecule has 0 aliphatic carbocycles. The maximum atomic E-state index is 12.4. The third-order valence-corrected chi connectivity index (χ3v) is 6.20. The predicted molar refractivity (Wildman–Crippen MR) is 123 cm³/mol. The number of ether oxygens (including phenoxy) is 2. The summed E-state index contributed by atoms with van der Waals surface area (Å²) in [6, 6.07) is 12.1. The molecule has 2 aromatic rings. The van der Waals surface area contributed by atoms with E-state index in [0.717, 1.165) is 14.7 Å². The molecule has 1 amide bonds. The Morgan fingerprint density at radius 1 is 1.25 bits per heavy atom. The van der Waals surface area contributed by atoms with Crippen LogP contribution in [-0.4, -0.2) is 37.2 Å². The quantitative estimate of drug-likeness (QED) is 0.434. The molecule has 0 atom stereocenters. The van der Waals surface area contributed by atoms with Gasteiger partial charge in [-0.15, -0.1) is 0 Å². The minimum atomic E-state index is -0.0562. The largest absolute Gasteiger partial charge is 0.493 e. The first-order valence-corrected chi connectivity index (χ1v) is 10.5. The molecule has 1 heterocycles. The van der Waals surface area contributed by atoms with Gasteiger partial charge in [-0.1, -0.05) is 29.8 Å². The van der Waals surface area contributed by atoms with E-state index in [-0.39, 0.29) is 5.91 Å². The molecule has 0 aromatic heterocycles. The lowest BCUT2D eigenvalue weighted by molar-refractivity contribution is -0.121. The standard InChI is InChI=1S/C21H21IN2O3S/c1-13-5-7-14(8-6-13)12-27-19-16(22)9-15(10-17(19)26-4)11-18-20(25)24(3)21(23-2)28-18/h5-11H,12H2,1-4H3/b18-11+,23-21?. The van der Waals surface area contributed by atoms with Crippen molar-refractivity contribution in [3.63, 3.8) is 0 Å². The molecule has 3 rings (SSSR count). The summed E-state index contributed by atoms with van der Waals surface area (Å²) in [4.78, 5) is 18.7. The van der Waals surface area contributed by atoms with Crippen LogP contribution >= 0.6 is 34.4 Å². The number of aryl methyl sites for hydroxylation is 1. The number of halogens is 1. The molecule has 0 saturated carbocycles. The minimum absolute atomic E-state index is 0.0562. The van der Waals surface area contributed by atoms with Crippen LogP contribution in [-0.2, 0) is 11.4 Å². The van der Waals surface area contributed by atoms with Gasteiger partial charge in [0.2, 0.25) is 0 Å². The molecule has 7 heteroatoms. The zero-order valence-electron chi connectivity index (χ0n) is 16.2. The minimum Gasteiger partial charge on any atom is -0.493 e. The Bertz CT molecular complexity index is 955. The number of nitrogens with zero attached hydrogens (tertiary/aromatic N) is 2. The highest BCUT2D eigenvalue weighted by atomic mass is 127. The number of hydrogen-bond acceptors (Lipinski definition) is 5. The number of methoxy groups -OCH3 is 1. The SMILES string of the molecule is CN=C1S/C(=C/c2cc(I)c(OCc3ccc(C)cc3)c(OC)c2)C(=O)N1C. The van der Waals surface area contributed by atoms with E-state index in [2.05, 4.69) is 58.8 Å². The molecule has 5 nitrogen and oxygen atoms in total. The number of hydrogen-bond donors (Lipinski definition) is 0. The summed E-state index contributed by atoms with van der Waals surface area (Å²) < 4.78 is 12.5. The fourth-order valence-electron chi connectivity index (χ4n) is 2.70. The molecular formula is C21H21IN2O3S. The first-order chi connectivity index (χ1) is 13.4. The molecule has 1 aliphatic rings. The van der Waals surface area contributed by atoms with Crippen LogP contribution < -0.4 is 9.47 Å². The lowest BCUT2D eigenvalue weighted by Gasteiger charge is -2.14. The van der Waals surface area contributed by atoms with Crippen molar-refractivity contribution in [2.75, 3.05) is 21.2 Å². The van der Waals surface area contributed by atoms with Gasteiger partial charge in [0, 0.05) is 14.1 Å². The van der Waals surface area contributed by atoms with E-state index in [9.17, 15) is 4.79 Å². The molecule has 0 unspecified atom stereocenters. The number of benzene rings is 2. The molecule has 0 radical (unpaired) electrons. The van der Waals surface area contributed by atoms with Gasteiger partial charge in [0.1, 0.15) is 6.61 Å². The van der Waals surface area contributed by atoms with Gasteiger partial charge in [0.25, 0.3) is 5.91 Å². The third kappa shape index (κ3) is 4.52. The van der Waals surface area contributed by atoms with E-state index in [1.165, 1.54) is 17.3 Å². The first kappa shape index (κ1) is 20.7. The Morgan fingerprint density at radius 2 is 1.96 bits per heavy atom. The van der Waals surface area contributed by atoms with Crippen molar-refractivity contribution in [2.45, 2.75) is 13.5 Å². The predicted octanol–water partition coefficient (Wildman–Crippen LogP) is 4.72. The number of amidine groups is 1. The van der Waals surface area contributed by atoms with E-state index in [4.69, 9.17) is 9.47 Å². The molecular weight excluding hydrogens is 487 g/mol. The summed E-state index contributed by atoms with van der Waals surface area (Å²) in [5.41, 5.74) is 3.19. The molecule has 1 aliphatic heterocycles. The Hall–Kier alpha value is -2.00. The van der Waals surface area contributed by atoms with Crippen LogP contribution in [0.2, 0.25) is 0 Å². The van der Waals surface area contributed by atoms with E-state index >= 15 is 0 Å². The summed E-state index contributed by atoms with van der Waals surface area (Å²) in [6.07, 6.45) is 1.86. The van der Waals surface area contributed by atoms with Crippen molar-refractivity contribution < 1.29 is 14.3 Å². The summed E-state index contributed by atoms with van der Waals surface area (Å²) in [7, 11) is 5.03. The number of carbonyl (C=O) groups excluding carboxylic acids is 1. The molecule has 2 aromatic carbocycles. The van der Waals surface area contributed by atoms with Crippen LogP contribution in [0.5, 0.6) is 11.5 Å². The molecule has 1 fully saturated rings. The highest BCUT2D eigenvalue weighted by molar-refractivity contribution is 14.1. The maximum Gasteiger partial charge on any atom is 0.266 e. The van der Waals surface area contributed by atoms with Crippen LogP contribution in [0.1, 0.15) is 16.7 Å². The number of rotatable bonds is 5. The molecule has 146 valence electrons. The van der Waals surface area contributed by atoms with Crippen LogP contribution in [0.4, 0.5) is 0 Å². The average Bonchev–Trinajstić information content (AvgIpc) is 2.96. The van der Waals surface area contributed by atoms with E-state index in [0.29, 0.717) is 28.2 Å². The number of amides is 1. The normalized spacial score (nSPS) is 16.9. The second-order valence-electron chi connectivity index (χ2n) is 6.29. The van der Waals surface area contributed by atoms with Gasteiger partial charge in [0.15, 0.2) is 16.7 Å². The van der Waals surface area contributed by atoms with Gasteiger partial charge >= 0.3 is 0 Å². The average molecular weight is 508 g/mol. The zero-order chi connectivity index (χ0) is 20.3. The monoisotopic (exact) mass is 508 g/mol. The van der Waals surface area contributed by atoms with Gasteiger partial charge in [-0.05, 0) is 70.6 Å². The molecule has 1 saturated heterocycles. The van der Waals surface area contributed by atoms with Crippen LogP contribution in [0.25, 0.3) is 6.08 Å². The zero-order valence-corrected chi connectivity index (χ0v) is 19.1. The Kier molecular flexibility index (Phi) is 6.66. The maximum absolute atomic E-state index is 12.4.